The van der Waals surface area contributed by atoms with Crippen LogP contribution in [0.2, 0.25) is 0 Å². The maximum atomic E-state index is 13.8. The number of phenols is 1. The van der Waals surface area contributed by atoms with E-state index in [-0.39, 0.29) is 30.3 Å². The van der Waals surface area contributed by atoms with Gasteiger partial charge in [-0.1, -0.05) is 30.3 Å². The van der Waals surface area contributed by atoms with E-state index in [2.05, 4.69) is 10.6 Å². The van der Waals surface area contributed by atoms with E-state index in [4.69, 9.17) is 10.5 Å². The molecule has 1 atom stereocenters. The average Bonchev–Trinajstić information content (AvgIpc) is 2.73. The van der Waals surface area contributed by atoms with Crippen molar-refractivity contribution in [3.8, 4) is 5.75 Å². The Labute approximate surface area is 204 Å². The molecule has 0 aliphatic heterocycles. The highest BCUT2D eigenvalue weighted by Crippen LogP contribution is 2.36. The van der Waals surface area contributed by atoms with Crippen molar-refractivity contribution in [2.75, 3.05) is 11.4 Å². The molecule has 5 N–H and O–H groups in total. The van der Waals surface area contributed by atoms with E-state index in [1.54, 1.807) is 65.0 Å². The van der Waals surface area contributed by atoms with Gasteiger partial charge in [0.1, 0.15) is 23.9 Å². The first kappa shape index (κ1) is 27.4. The molecule has 190 valence electrons. The normalized spacial score (nSPS) is 12.2. The molecular formula is C25H34N4O6. The summed E-state index contributed by atoms with van der Waals surface area (Å²) in [4.78, 5) is 51.5. The molecule has 10 heteroatoms. The molecule has 0 spiro atoms. The lowest BCUT2D eigenvalue weighted by molar-refractivity contribution is -0.125. The summed E-state index contributed by atoms with van der Waals surface area (Å²) in [6.07, 6.45) is -1.19. The van der Waals surface area contributed by atoms with Crippen molar-refractivity contribution in [1.82, 2.24) is 10.6 Å². The highest BCUT2D eigenvalue weighted by atomic mass is 16.6. The highest BCUT2D eigenvalue weighted by molar-refractivity contribution is 6.10. The third kappa shape index (κ3) is 8.16. The first-order valence-corrected chi connectivity index (χ1v) is 11.4. The predicted molar refractivity (Wildman–Crippen MR) is 133 cm³/mol. The Bertz CT molecular complexity index is 1090. The molecule has 0 aromatic heterocycles. The van der Waals surface area contributed by atoms with Crippen molar-refractivity contribution in [3.05, 3.63) is 36.4 Å². The number of nitrogens with zero attached hydrogens (tertiary/aromatic N) is 1. The number of anilines is 1. The molecule has 0 fully saturated rings. The summed E-state index contributed by atoms with van der Waals surface area (Å²) >= 11 is 0. The first-order chi connectivity index (χ1) is 16.3. The number of aromatic hydroxyl groups is 1. The minimum absolute atomic E-state index is 0.113. The number of carbonyl (C=O) groups is 4. The van der Waals surface area contributed by atoms with Crippen LogP contribution in [0.4, 0.5) is 10.5 Å². The standard InChI is InChI=1S/C25H34N4O6/c1-15(2)27-21(32)14-29(22-17-9-7-6-8-16(17)10-12-19(22)30)23(33)18(11-13-20(26)31)28-24(34)35-25(3,4)5/h6-10,12,15,18,30H,11,13-14H2,1-5H3,(H2,26,31)(H,27,32)(H,28,34). The molecule has 1 unspecified atom stereocenters. The number of alkyl carbamates (subject to hydrolysis) is 1. The van der Waals surface area contributed by atoms with Crippen LogP contribution in [-0.4, -0.2) is 53.2 Å². The molecule has 0 radical (unpaired) electrons. The summed E-state index contributed by atoms with van der Waals surface area (Å²) in [5, 5.41) is 17.2. The molecule has 2 rings (SSSR count). The molecule has 4 amide bonds. The van der Waals surface area contributed by atoms with Crippen molar-refractivity contribution in [2.45, 2.75) is 65.1 Å². The molecule has 2 aromatic carbocycles. The Morgan fingerprint density at radius 1 is 1.06 bits per heavy atom. The van der Waals surface area contributed by atoms with Crippen LogP contribution in [0.15, 0.2) is 36.4 Å². The van der Waals surface area contributed by atoms with E-state index in [9.17, 15) is 24.3 Å². The van der Waals surface area contributed by atoms with Crippen LogP contribution in [0, 0.1) is 0 Å². The Hall–Kier alpha value is -3.82. The number of nitrogens with one attached hydrogen (secondary N) is 2. The third-order valence-electron chi connectivity index (χ3n) is 4.84. The first-order valence-electron chi connectivity index (χ1n) is 11.4. The lowest BCUT2D eigenvalue weighted by atomic mass is 10.0. The van der Waals surface area contributed by atoms with E-state index in [0.29, 0.717) is 5.39 Å². The minimum atomic E-state index is -1.25. The van der Waals surface area contributed by atoms with Crippen molar-refractivity contribution in [3.63, 3.8) is 0 Å². The number of rotatable bonds is 9. The fourth-order valence-corrected chi connectivity index (χ4v) is 3.49. The number of ether oxygens (including phenoxy) is 1. The van der Waals surface area contributed by atoms with Gasteiger partial charge in [0.15, 0.2) is 0 Å². The van der Waals surface area contributed by atoms with E-state index in [0.717, 1.165) is 10.3 Å². The Morgan fingerprint density at radius 3 is 2.31 bits per heavy atom. The van der Waals surface area contributed by atoms with Gasteiger partial charge in [0, 0.05) is 17.8 Å². The molecule has 0 aliphatic carbocycles. The zero-order valence-corrected chi connectivity index (χ0v) is 20.8. The fourth-order valence-electron chi connectivity index (χ4n) is 3.49. The van der Waals surface area contributed by atoms with Crippen LogP contribution in [0.25, 0.3) is 10.8 Å². The maximum absolute atomic E-state index is 13.8. The molecule has 2 aromatic rings. The molecule has 0 aliphatic rings. The van der Waals surface area contributed by atoms with Crippen molar-refractivity contribution in [1.29, 1.82) is 0 Å². The topological polar surface area (TPSA) is 151 Å². The van der Waals surface area contributed by atoms with E-state index < -0.39 is 42.0 Å². The van der Waals surface area contributed by atoms with Gasteiger partial charge >= 0.3 is 6.09 Å². The SMILES string of the molecule is CC(C)NC(=O)CN(C(=O)C(CCC(N)=O)NC(=O)OC(C)(C)C)c1c(O)ccc2ccccc12. The van der Waals surface area contributed by atoms with Crippen molar-refractivity contribution < 1.29 is 29.0 Å². The Kier molecular flexibility index (Phi) is 9.05. The van der Waals surface area contributed by atoms with Gasteiger partial charge in [-0.15, -0.1) is 0 Å². The smallest absolute Gasteiger partial charge is 0.408 e. The van der Waals surface area contributed by atoms with Crippen molar-refractivity contribution in [2.24, 2.45) is 5.73 Å². The lowest BCUT2D eigenvalue weighted by Crippen LogP contribution is -2.52. The molecule has 0 heterocycles. The number of primary amides is 1. The number of nitrogens with two attached hydrogens (primary N) is 1. The number of fused-ring (bicyclic) bond motifs is 1. The van der Waals surface area contributed by atoms with Crippen LogP contribution in [0.3, 0.4) is 0 Å². The van der Waals surface area contributed by atoms with Gasteiger partial charge in [0.25, 0.3) is 0 Å². The monoisotopic (exact) mass is 486 g/mol. The van der Waals surface area contributed by atoms with Gasteiger partial charge in [-0.2, -0.15) is 0 Å². The molecule has 10 nitrogen and oxygen atoms in total. The van der Waals surface area contributed by atoms with Gasteiger partial charge in [-0.25, -0.2) is 4.79 Å². The number of phenolic OH excluding ortho intramolecular Hbond substituents is 1. The van der Waals surface area contributed by atoms with E-state index >= 15 is 0 Å². The van der Waals surface area contributed by atoms with Gasteiger partial charge in [0.2, 0.25) is 17.7 Å². The quantitative estimate of drug-likeness (QED) is 0.428. The molecule has 0 bridgehead atoms. The second-order valence-corrected chi connectivity index (χ2v) is 9.50. The fraction of sp³-hybridized carbons (Fsp3) is 0.440. The zero-order chi connectivity index (χ0) is 26.3. The van der Waals surface area contributed by atoms with Crippen LogP contribution in [0.1, 0.15) is 47.5 Å². The van der Waals surface area contributed by atoms with E-state index in [1.807, 2.05) is 0 Å². The second kappa shape index (κ2) is 11.5. The van der Waals surface area contributed by atoms with Gasteiger partial charge < -0.3 is 26.2 Å². The highest BCUT2D eigenvalue weighted by Gasteiger charge is 2.32. The Balaban J connectivity index is 2.54. The summed E-state index contributed by atoms with van der Waals surface area (Å²) in [5.41, 5.74) is 4.57. The van der Waals surface area contributed by atoms with Crippen LogP contribution < -0.4 is 21.3 Å². The van der Waals surface area contributed by atoms with Gasteiger partial charge in [0.05, 0.1) is 5.69 Å². The summed E-state index contributed by atoms with van der Waals surface area (Å²) in [7, 11) is 0. The van der Waals surface area contributed by atoms with Crippen molar-refractivity contribution >= 4 is 40.3 Å². The predicted octanol–water partition coefficient (Wildman–Crippen LogP) is 2.56. The third-order valence-corrected chi connectivity index (χ3v) is 4.84. The number of benzene rings is 2. The van der Waals surface area contributed by atoms with Gasteiger partial charge in [-0.3, -0.25) is 19.3 Å². The van der Waals surface area contributed by atoms with E-state index in [1.165, 1.54) is 6.07 Å². The van der Waals surface area contributed by atoms with Crippen LogP contribution in [-0.2, 0) is 19.1 Å². The average molecular weight is 487 g/mol. The number of carbonyl (C=O) groups excluding carboxylic acids is 4. The molecular weight excluding hydrogens is 452 g/mol. The minimum Gasteiger partial charge on any atom is -0.506 e. The summed E-state index contributed by atoms with van der Waals surface area (Å²) in [5.74, 6) is -2.06. The zero-order valence-electron chi connectivity index (χ0n) is 20.8. The summed E-state index contributed by atoms with van der Waals surface area (Å²) in [6.45, 7) is 8.14. The van der Waals surface area contributed by atoms with Gasteiger partial charge in [-0.05, 0) is 52.5 Å². The molecule has 35 heavy (non-hydrogen) atoms. The largest absolute Gasteiger partial charge is 0.506 e. The summed E-state index contributed by atoms with van der Waals surface area (Å²) in [6, 6.07) is 8.75. The summed E-state index contributed by atoms with van der Waals surface area (Å²) < 4.78 is 5.27. The number of hydrogen-bond donors (Lipinski definition) is 4. The Morgan fingerprint density at radius 2 is 1.71 bits per heavy atom. The second-order valence-electron chi connectivity index (χ2n) is 9.50. The molecule has 0 saturated carbocycles. The molecule has 0 saturated heterocycles. The lowest BCUT2D eigenvalue weighted by Gasteiger charge is -2.30. The van der Waals surface area contributed by atoms with Crippen LogP contribution >= 0.6 is 0 Å². The van der Waals surface area contributed by atoms with Crippen LogP contribution in [0.5, 0.6) is 5.75 Å². The number of hydrogen-bond acceptors (Lipinski definition) is 6. The number of amides is 4. The maximum Gasteiger partial charge on any atom is 0.408 e.